The topological polar surface area (TPSA) is 74.6 Å². The smallest absolute Gasteiger partial charge is 0.481 e. The summed E-state index contributed by atoms with van der Waals surface area (Å²) < 4.78 is 0. The first-order chi connectivity index (χ1) is 4.86. The van der Waals surface area contributed by atoms with Gasteiger partial charge in [0.15, 0.2) is 0 Å². The maximum absolute atomic E-state index is 9.43. The van der Waals surface area contributed by atoms with E-state index in [0.29, 0.717) is 0 Å². The van der Waals surface area contributed by atoms with Crippen molar-refractivity contribution in [2.75, 3.05) is 0 Å². The van der Waals surface area contributed by atoms with Crippen molar-refractivity contribution in [3.8, 4) is 0 Å². The normalized spacial score (nSPS) is 7.67. The molecule has 0 unspecified atom stereocenters. The molecule has 0 aliphatic carbocycles. The van der Waals surface area contributed by atoms with E-state index in [1.807, 2.05) is 0 Å². The van der Waals surface area contributed by atoms with Crippen LogP contribution in [-0.2, 0) is 9.59 Å². The van der Waals surface area contributed by atoms with E-state index < -0.39 is 18.4 Å². The second-order valence-electron chi connectivity index (χ2n) is 2.46. The number of rotatable bonds is 2. The Morgan fingerprint density at radius 1 is 1.08 bits per heavy atom. The molecule has 0 saturated carbocycles. The quantitative estimate of drug-likeness (QED) is 0.312. The van der Waals surface area contributed by atoms with Gasteiger partial charge in [-0.05, 0) is 0 Å². The van der Waals surface area contributed by atoms with Crippen LogP contribution >= 0.6 is 0 Å². The Hall–Kier alpha value is 0.576. The van der Waals surface area contributed by atoms with E-state index in [-0.39, 0.29) is 51.4 Å². The van der Waals surface area contributed by atoms with Crippen molar-refractivity contribution in [2.24, 2.45) is 0 Å². The standard InChI is InChI=1S/C4H9.C3H4O4.K/c1-4(2)3;4-2(5)1-3(6)7;/h1-3H3;1H2,(H,4,5)(H,6,7);/q-1;;+1. The summed E-state index contributed by atoms with van der Waals surface area (Å²) in [6, 6.07) is 0. The molecule has 0 atom stereocenters. The van der Waals surface area contributed by atoms with Gasteiger partial charge in [-0.15, -0.1) is 0 Å². The van der Waals surface area contributed by atoms with E-state index in [9.17, 15) is 9.59 Å². The Kier molecular flexibility index (Phi) is 17.7. The van der Waals surface area contributed by atoms with Gasteiger partial charge in [0.05, 0.1) is 0 Å². The Bertz CT molecular complexity index is 119. The van der Waals surface area contributed by atoms with Crippen molar-refractivity contribution in [2.45, 2.75) is 27.2 Å². The molecule has 0 bridgehead atoms. The zero-order valence-electron chi connectivity index (χ0n) is 7.92. The van der Waals surface area contributed by atoms with E-state index in [1.165, 1.54) is 5.92 Å². The zero-order valence-corrected chi connectivity index (χ0v) is 11.0. The third-order valence-electron chi connectivity index (χ3n) is 0.302. The average molecular weight is 200 g/mol. The molecule has 12 heavy (non-hydrogen) atoms. The maximum Gasteiger partial charge on any atom is 1.00 e. The van der Waals surface area contributed by atoms with Gasteiger partial charge < -0.3 is 16.1 Å². The van der Waals surface area contributed by atoms with Crippen molar-refractivity contribution in [1.82, 2.24) is 0 Å². The van der Waals surface area contributed by atoms with Crippen LogP contribution in [0.2, 0.25) is 0 Å². The van der Waals surface area contributed by atoms with Crippen molar-refractivity contribution in [1.29, 1.82) is 0 Å². The van der Waals surface area contributed by atoms with Crippen LogP contribution in [0.25, 0.3) is 0 Å². The molecule has 2 N–H and O–H groups in total. The molecule has 0 fully saturated rings. The summed E-state index contributed by atoms with van der Waals surface area (Å²) in [6.07, 6.45) is -0.806. The molecule has 0 amide bonds. The van der Waals surface area contributed by atoms with E-state index in [0.717, 1.165) is 0 Å². The zero-order chi connectivity index (χ0) is 9.44. The first kappa shape index (κ1) is 18.4. The van der Waals surface area contributed by atoms with Crippen LogP contribution in [0.5, 0.6) is 0 Å². The summed E-state index contributed by atoms with van der Waals surface area (Å²) in [5.41, 5.74) is 0. The largest absolute Gasteiger partial charge is 1.00 e. The molecule has 4 nitrogen and oxygen atoms in total. The van der Waals surface area contributed by atoms with Gasteiger partial charge in [-0.2, -0.15) is 20.8 Å². The van der Waals surface area contributed by atoms with Gasteiger partial charge in [0, 0.05) is 0 Å². The van der Waals surface area contributed by atoms with Crippen molar-refractivity contribution >= 4 is 11.9 Å². The number of hydrogen-bond donors (Lipinski definition) is 2. The molecule has 0 aliphatic heterocycles. The number of hydrogen-bond acceptors (Lipinski definition) is 2. The van der Waals surface area contributed by atoms with Crippen LogP contribution in [0, 0.1) is 5.92 Å². The molecule has 0 aromatic rings. The summed E-state index contributed by atoms with van der Waals surface area (Å²) in [6.45, 7) is 6.25. The van der Waals surface area contributed by atoms with E-state index in [2.05, 4.69) is 20.8 Å². The first-order valence-corrected chi connectivity index (χ1v) is 3.06. The van der Waals surface area contributed by atoms with Crippen molar-refractivity contribution in [3.63, 3.8) is 0 Å². The minimum absolute atomic E-state index is 0. The van der Waals surface area contributed by atoms with Gasteiger partial charge in [0.1, 0.15) is 6.42 Å². The number of carboxylic acids is 2. The van der Waals surface area contributed by atoms with Crippen LogP contribution in [0.3, 0.4) is 0 Å². The number of aliphatic carboxylic acids is 2. The molecule has 0 saturated heterocycles. The monoisotopic (exact) mass is 200 g/mol. The van der Waals surface area contributed by atoms with Crippen LogP contribution in [0.15, 0.2) is 0 Å². The minimum Gasteiger partial charge on any atom is -0.481 e. The van der Waals surface area contributed by atoms with Gasteiger partial charge in [0.25, 0.3) is 0 Å². The van der Waals surface area contributed by atoms with E-state index in [1.54, 1.807) is 0 Å². The molecular formula is C7H13KO4. The molecule has 0 spiro atoms. The predicted octanol–water partition coefficient (Wildman–Crippen LogP) is -1.83. The molecule has 0 heterocycles. The van der Waals surface area contributed by atoms with Crippen LogP contribution < -0.4 is 51.4 Å². The Labute approximate surface area is 115 Å². The second kappa shape index (κ2) is 11.6. The Morgan fingerprint density at radius 3 is 1.25 bits per heavy atom. The van der Waals surface area contributed by atoms with Gasteiger partial charge in [-0.1, -0.05) is 0 Å². The van der Waals surface area contributed by atoms with E-state index in [4.69, 9.17) is 10.2 Å². The van der Waals surface area contributed by atoms with Gasteiger partial charge >= 0.3 is 63.3 Å². The summed E-state index contributed by atoms with van der Waals surface area (Å²) >= 11 is 0. The predicted molar refractivity (Wildman–Crippen MR) is 40.2 cm³/mol. The first-order valence-electron chi connectivity index (χ1n) is 3.06. The molecule has 66 valence electrons. The summed E-state index contributed by atoms with van der Waals surface area (Å²) in [7, 11) is 0. The Morgan fingerprint density at radius 2 is 1.25 bits per heavy atom. The van der Waals surface area contributed by atoms with E-state index >= 15 is 0 Å². The van der Waals surface area contributed by atoms with Crippen LogP contribution in [-0.4, -0.2) is 22.2 Å². The molecule has 0 aromatic heterocycles. The fraction of sp³-hybridized carbons (Fsp3) is 0.571. The molecular weight excluding hydrogens is 187 g/mol. The third-order valence-corrected chi connectivity index (χ3v) is 0.302. The fourth-order valence-electron chi connectivity index (χ4n) is 0.129. The third kappa shape index (κ3) is 46.3. The summed E-state index contributed by atoms with van der Waals surface area (Å²) in [5.74, 6) is -1.21. The Balaban J connectivity index is -0.000000142. The second-order valence-corrected chi connectivity index (χ2v) is 2.46. The van der Waals surface area contributed by atoms with Crippen LogP contribution in [0.1, 0.15) is 27.2 Å². The molecule has 0 aliphatic rings. The fourth-order valence-corrected chi connectivity index (χ4v) is 0.129. The van der Waals surface area contributed by atoms with Gasteiger partial charge in [-0.3, -0.25) is 9.59 Å². The molecule has 0 aromatic carbocycles. The van der Waals surface area contributed by atoms with Crippen LogP contribution in [0.4, 0.5) is 0 Å². The number of carbonyl (C=O) groups is 2. The van der Waals surface area contributed by atoms with Gasteiger partial charge in [-0.25, -0.2) is 0 Å². The van der Waals surface area contributed by atoms with Crippen molar-refractivity contribution < 1.29 is 71.2 Å². The molecule has 0 radical (unpaired) electrons. The van der Waals surface area contributed by atoms with Crippen molar-refractivity contribution in [3.05, 3.63) is 5.92 Å². The average Bonchev–Trinajstić information content (AvgIpc) is 1.56. The summed E-state index contributed by atoms with van der Waals surface area (Å²) in [4.78, 5) is 18.9. The van der Waals surface area contributed by atoms with Gasteiger partial charge in [0.2, 0.25) is 0 Å². The molecule has 5 heteroatoms. The molecule has 0 rings (SSSR count). The minimum atomic E-state index is -1.31. The SMILES string of the molecule is C[C-](C)C.O=C(O)CC(=O)O.[K+]. The summed E-state index contributed by atoms with van der Waals surface area (Å²) in [5, 5.41) is 15.4. The maximum atomic E-state index is 9.43. The number of carboxylic acid groups (broad SMARTS) is 2.